The smallest absolute Gasteiger partial charge is 0.115 e. The van der Waals surface area contributed by atoms with Crippen LogP contribution >= 0.6 is 15.9 Å². The minimum Gasteiger partial charge on any atom is -0.392 e. The molecule has 4 nitrogen and oxygen atoms in total. The van der Waals surface area contributed by atoms with E-state index in [0.717, 1.165) is 10.0 Å². The fourth-order valence-electron chi connectivity index (χ4n) is 2.26. The van der Waals surface area contributed by atoms with Crippen molar-refractivity contribution in [3.8, 4) is 0 Å². The Balaban J connectivity index is 2.09. The summed E-state index contributed by atoms with van der Waals surface area (Å²) in [6.07, 6.45) is 3.60. The molecular weight excluding hydrogens is 348 g/mol. The number of hydrogen-bond donors (Lipinski definition) is 2. The maximum Gasteiger partial charge on any atom is 0.115 e. The van der Waals surface area contributed by atoms with Gasteiger partial charge in [0.05, 0.1) is 19.3 Å². The van der Waals surface area contributed by atoms with Crippen LogP contribution in [0.15, 0.2) is 53.0 Å². The van der Waals surface area contributed by atoms with Crippen LogP contribution in [-0.2, 0) is 16.1 Å². The molecule has 0 saturated carbocycles. The third kappa shape index (κ3) is 4.76. The van der Waals surface area contributed by atoms with Crippen molar-refractivity contribution >= 4 is 15.9 Å². The average molecular weight is 369 g/mol. The Morgan fingerprint density at radius 1 is 1.36 bits per heavy atom. The van der Waals surface area contributed by atoms with Crippen molar-refractivity contribution in [2.24, 2.45) is 0 Å². The van der Waals surface area contributed by atoms with Gasteiger partial charge in [0.2, 0.25) is 0 Å². The minimum absolute atomic E-state index is 0.0600. The highest BCUT2D eigenvalue weighted by Gasteiger charge is 2.32. The van der Waals surface area contributed by atoms with E-state index in [-0.39, 0.29) is 18.8 Å². The van der Waals surface area contributed by atoms with Crippen molar-refractivity contribution in [3.63, 3.8) is 0 Å². The largest absolute Gasteiger partial charge is 0.392 e. The predicted molar refractivity (Wildman–Crippen MR) is 88.6 cm³/mol. The number of aliphatic hydroxyl groups excluding tert-OH is 2. The molecule has 0 aromatic heterocycles. The lowest BCUT2D eigenvalue weighted by Crippen LogP contribution is -2.41. The first-order valence-electron chi connectivity index (χ1n) is 7.25. The van der Waals surface area contributed by atoms with Gasteiger partial charge < -0.3 is 19.7 Å². The van der Waals surface area contributed by atoms with E-state index < -0.39 is 12.2 Å². The van der Waals surface area contributed by atoms with Gasteiger partial charge in [-0.1, -0.05) is 58.4 Å². The number of ether oxygens (including phenoxy) is 2. The van der Waals surface area contributed by atoms with Crippen molar-refractivity contribution in [3.05, 3.63) is 58.6 Å². The van der Waals surface area contributed by atoms with Gasteiger partial charge in [-0.05, 0) is 18.6 Å². The van der Waals surface area contributed by atoms with Crippen LogP contribution < -0.4 is 0 Å². The van der Waals surface area contributed by atoms with Gasteiger partial charge in [0.15, 0.2) is 0 Å². The molecule has 22 heavy (non-hydrogen) atoms. The van der Waals surface area contributed by atoms with Crippen LogP contribution in [0.3, 0.4) is 0 Å². The third-order valence-corrected chi connectivity index (χ3v) is 4.09. The van der Waals surface area contributed by atoms with E-state index >= 15 is 0 Å². The van der Waals surface area contributed by atoms with E-state index in [1.54, 1.807) is 19.1 Å². The number of aliphatic hydroxyl groups is 2. The SMILES string of the molecule is CC(O)C1OC(C=CCO)C(OCc2ccccc2)C=C1Br. The summed E-state index contributed by atoms with van der Waals surface area (Å²) in [4.78, 5) is 0. The fraction of sp³-hybridized carbons (Fsp3) is 0.412. The Kier molecular flexibility index (Phi) is 6.79. The lowest BCUT2D eigenvalue weighted by molar-refractivity contribution is -0.0955. The summed E-state index contributed by atoms with van der Waals surface area (Å²) in [5, 5.41) is 18.7. The van der Waals surface area contributed by atoms with Crippen LogP contribution in [0.2, 0.25) is 0 Å². The molecule has 0 saturated heterocycles. The van der Waals surface area contributed by atoms with Crippen molar-refractivity contribution in [1.29, 1.82) is 0 Å². The van der Waals surface area contributed by atoms with Crippen molar-refractivity contribution in [2.45, 2.75) is 37.9 Å². The highest BCUT2D eigenvalue weighted by molar-refractivity contribution is 9.11. The molecule has 1 aliphatic heterocycles. The second-order valence-corrected chi connectivity index (χ2v) is 6.10. The van der Waals surface area contributed by atoms with Gasteiger partial charge in [-0.3, -0.25) is 0 Å². The van der Waals surface area contributed by atoms with Crippen molar-refractivity contribution in [2.75, 3.05) is 6.61 Å². The van der Waals surface area contributed by atoms with Crippen LogP contribution in [0.5, 0.6) is 0 Å². The first-order chi connectivity index (χ1) is 10.6. The topological polar surface area (TPSA) is 58.9 Å². The van der Waals surface area contributed by atoms with Crippen LogP contribution in [0.25, 0.3) is 0 Å². The van der Waals surface area contributed by atoms with Gasteiger partial charge in [-0.15, -0.1) is 0 Å². The Morgan fingerprint density at radius 2 is 2.09 bits per heavy atom. The summed E-state index contributed by atoms with van der Waals surface area (Å²) in [7, 11) is 0. The molecule has 1 heterocycles. The zero-order valence-corrected chi connectivity index (χ0v) is 14.0. The normalized spacial score (nSPS) is 26.9. The zero-order chi connectivity index (χ0) is 15.9. The highest BCUT2D eigenvalue weighted by atomic mass is 79.9. The van der Waals surface area contributed by atoms with E-state index in [1.807, 2.05) is 36.4 Å². The summed E-state index contributed by atoms with van der Waals surface area (Å²) in [5.41, 5.74) is 1.08. The summed E-state index contributed by atoms with van der Waals surface area (Å²) in [6.45, 7) is 2.09. The standard InChI is InChI=1S/C17H21BrO4/c1-12(20)17-14(18)10-16(15(22-17)8-5-9-19)21-11-13-6-3-2-4-7-13/h2-8,10,12,15-17,19-20H,9,11H2,1H3. The van der Waals surface area contributed by atoms with Gasteiger partial charge in [0.25, 0.3) is 0 Å². The first-order valence-corrected chi connectivity index (χ1v) is 8.05. The molecule has 4 unspecified atom stereocenters. The molecule has 2 N–H and O–H groups in total. The molecule has 120 valence electrons. The monoisotopic (exact) mass is 368 g/mol. The summed E-state index contributed by atoms with van der Waals surface area (Å²) >= 11 is 3.44. The third-order valence-electron chi connectivity index (χ3n) is 3.38. The van der Waals surface area contributed by atoms with Crippen molar-refractivity contribution < 1.29 is 19.7 Å². The van der Waals surface area contributed by atoms with E-state index in [1.165, 1.54) is 0 Å². The molecule has 5 heteroatoms. The van der Waals surface area contributed by atoms with Gasteiger partial charge in [0.1, 0.15) is 18.3 Å². The summed E-state index contributed by atoms with van der Waals surface area (Å²) in [5.74, 6) is 0. The predicted octanol–water partition coefficient (Wildman–Crippen LogP) is 2.55. The molecular formula is C17H21BrO4. The van der Waals surface area contributed by atoms with Crippen molar-refractivity contribution in [1.82, 2.24) is 0 Å². The van der Waals surface area contributed by atoms with E-state index in [2.05, 4.69) is 15.9 Å². The Morgan fingerprint density at radius 3 is 2.73 bits per heavy atom. The second-order valence-electron chi connectivity index (χ2n) is 5.19. The Bertz CT molecular complexity index is 513. The van der Waals surface area contributed by atoms with Gasteiger partial charge in [-0.2, -0.15) is 0 Å². The number of rotatable bonds is 6. The second kappa shape index (κ2) is 8.60. The summed E-state index contributed by atoms with van der Waals surface area (Å²) < 4.78 is 12.6. The zero-order valence-electron chi connectivity index (χ0n) is 12.4. The van der Waals surface area contributed by atoms with Gasteiger partial charge in [-0.25, -0.2) is 0 Å². The molecule has 1 aliphatic rings. The molecule has 4 atom stereocenters. The number of halogens is 1. The Labute approximate surface area is 139 Å². The molecule has 2 rings (SSSR count). The molecule has 0 radical (unpaired) electrons. The molecule has 0 amide bonds. The molecule has 0 aliphatic carbocycles. The molecule has 0 bridgehead atoms. The lowest BCUT2D eigenvalue weighted by Gasteiger charge is -2.34. The number of hydrogen-bond acceptors (Lipinski definition) is 4. The van der Waals surface area contributed by atoms with E-state index in [9.17, 15) is 5.11 Å². The fourth-order valence-corrected chi connectivity index (χ4v) is 3.01. The number of benzene rings is 1. The molecule has 0 fully saturated rings. The van der Waals surface area contributed by atoms with Gasteiger partial charge in [0, 0.05) is 4.48 Å². The highest BCUT2D eigenvalue weighted by Crippen LogP contribution is 2.29. The molecule has 0 spiro atoms. The molecule has 1 aromatic carbocycles. The first kappa shape index (κ1) is 17.4. The van der Waals surface area contributed by atoms with Crippen LogP contribution in [0, 0.1) is 0 Å². The maximum absolute atomic E-state index is 9.77. The lowest BCUT2D eigenvalue weighted by atomic mass is 10.1. The quantitative estimate of drug-likeness (QED) is 0.757. The minimum atomic E-state index is -0.634. The molecule has 1 aromatic rings. The average Bonchev–Trinajstić information content (AvgIpc) is 2.52. The van der Waals surface area contributed by atoms with Crippen LogP contribution in [-0.4, -0.2) is 41.2 Å². The summed E-state index contributed by atoms with van der Waals surface area (Å²) in [6, 6.07) is 9.89. The van der Waals surface area contributed by atoms with Gasteiger partial charge >= 0.3 is 0 Å². The van der Waals surface area contributed by atoms with Crippen LogP contribution in [0.1, 0.15) is 12.5 Å². The van der Waals surface area contributed by atoms with E-state index in [4.69, 9.17) is 14.6 Å². The maximum atomic E-state index is 9.77. The Hall–Kier alpha value is -0.980. The van der Waals surface area contributed by atoms with E-state index in [0.29, 0.717) is 6.61 Å². The van der Waals surface area contributed by atoms with Crippen LogP contribution in [0.4, 0.5) is 0 Å².